The lowest BCUT2D eigenvalue weighted by Gasteiger charge is -2.07. The normalized spacial score (nSPS) is 10.3. The number of esters is 1. The number of carbonyl (C=O) groups excluding carboxylic acids is 1. The highest BCUT2D eigenvalue weighted by atomic mass is 35.5. The van der Waals surface area contributed by atoms with Gasteiger partial charge in [0.15, 0.2) is 0 Å². The van der Waals surface area contributed by atoms with E-state index in [-0.39, 0.29) is 0 Å². The Labute approximate surface area is 121 Å². The van der Waals surface area contributed by atoms with E-state index in [4.69, 9.17) is 27.9 Å². The first kappa shape index (κ1) is 13.9. The second-order valence-electron chi connectivity index (χ2n) is 4.27. The average Bonchev–Trinajstić information content (AvgIpc) is 2.36. The molecule has 0 saturated heterocycles. The number of hydrogen-bond donors (Lipinski definition) is 0. The Morgan fingerprint density at radius 2 is 1.53 bits per heavy atom. The molecule has 2 aromatic carbocycles. The van der Waals surface area contributed by atoms with Gasteiger partial charge in [-0.1, -0.05) is 40.9 Å². The molecule has 2 rings (SSSR count). The van der Waals surface area contributed by atoms with E-state index in [1.807, 2.05) is 19.1 Å². The Balaban J connectivity index is 2.22. The van der Waals surface area contributed by atoms with Gasteiger partial charge in [-0.25, -0.2) is 4.79 Å². The third-order valence-corrected chi connectivity index (χ3v) is 3.54. The van der Waals surface area contributed by atoms with Gasteiger partial charge in [0.25, 0.3) is 0 Å². The maximum atomic E-state index is 11.9. The highest BCUT2D eigenvalue weighted by Crippen LogP contribution is 2.29. The van der Waals surface area contributed by atoms with Gasteiger partial charge >= 0.3 is 5.97 Å². The van der Waals surface area contributed by atoms with Crippen LogP contribution in [-0.2, 0) is 0 Å². The minimum absolute atomic E-state index is 0.339. The van der Waals surface area contributed by atoms with Crippen LogP contribution in [0.1, 0.15) is 21.5 Å². The Hall–Kier alpha value is -1.51. The van der Waals surface area contributed by atoms with Crippen LogP contribution in [0.15, 0.2) is 36.4 Å². The van der Waals surface area contributed by atoms with E-state index in [2.05, 4.69) is 0 Å². The van der Waals surface area contributed by atoms with Crippen molar-refractivity contribution in [2.45, 2.75) is 13.8 Å². The van der Waals surface area contributed by atoms with Gasteiger partial charge in [-0.2, -0.15) is 0 Å². The average molecular weight is 295 g/mol. The van der Waals surface area contributed by atoms with Gasteiger partial charge < -0.3 is 4.74 Å². The van der Waals surface area contributed by atoms with E-state index in [0.29, 0.717) is 21.4 Å². The molecule has 19 heavy (non-hydrogen) atoms. The van der Waals surface area contributed by atoms with Crippen molar-refractivity contribution in [3.63, 3.8) is 0 Å². The molecule has 2 aromatic rings. The quantitative estimate of drug-likeness (QED) is 0.586. The Morgan fingerprint density at radius 3 is 2.05 bits per heavy atom. The van der Waals surface area contributed by atoms with E-state index in [1.54, 1.807) is 31.2 Å². The van der Waals surface area contributed by atoms with Crippen molar-refractivity contribution < 1.29 is 9.53 Å². The number of benzene rings is 2. The highest BCUT2D eigenvalue weighted by Gasteiger charge is 2.11. The van der Waals surface area contributed by atoms with Crippen molar-refractivity contribution in [1.82, 2.24) is 0 Å². The van der Waals surface area contributed by atoms with Crippen molar-refractivity contribution in [3.8, 4) is 5.75 Å². The van der Waals surface area contributed by atoms with Crippen LogP contribution in [0.4, 0.5) is 0 Å². The van der Waals surface area contributed by atoms with Gasteiger partial charge in [0.1, 0.15) is 5.75 Å². The van der Waals surface area contributed by atoms with Crippen LogP contribution in [0.3, 0.4) is 0 Å². The molecule has 0 aromatic heterocycles. The Bertz CT molecular complexity index is 596. The summed E-state index contributed by atoms with van der Waals surface area (Å²) in [6.07, 6.45) is 0. The summed E-state index contributed by atoms with van der Waals surface area (Å²) >= 11 is 12.0. The van der Waals surface area contributed by atoms with Crippen LogP contribution in [0.2, 0.25) is 10.0 Å². The summed E-state index contributed by atoms with van der Waals surface area (Å²) in [5.41, 5.74) is 2.33. The number of carbonyl (C=O) groups is 1. The summed E-state index contributed by atoms with van der Waals surface area (Å²) < 4.78 is 5.25. The van der Waals surface area contributed by atoms with Crippen molar-refractivity contribution in [2.75, 3.05) is 0 Å². The first-order valence-electron chi connectivity index (χ1n) is 5.72. The van der Waals surface area contributed by atoms with Crippen LogP contribution in [0.5, 0.6) is 5.75 Å². The van der Waals surface area contributed by atoms with Crippen LogP contribution in [0.25, 0.3) is 0 Å². The highest BCUT2D eigenvalue weighted by molar-refractivity contribution is 6.36. The van der Waals surface area contributed by atoms with Crippen LogP contribution >= 0.6 is 23.2 Å². The van der Waals surface area contributed by atoms with Crippen LogP contribution in [0, 0.1) is 13.8 Å². The van der Waals surface area contributed by atoms with Gasteiger partial charge in [-0.05, 0) is 43.7 Å². The van der Waals surface area contributed by atoms with Crippen LogP contribution < -0.4 is 4.74 Å². The molecule has 0 saturated carbocycles. The maximum Gasteiger partial charge on any atom is 0.343 e. The molecule has 0 unspecified atom stereocenters. The molecule has 4 heteroatoms. The lowest BCUT2D eigenvalue weighted by atomic mass is 10.1. The number of rotatable bonds is 2. The van der Waals surface area contributed by atoms with Gasteiger partial charge in [0.05, 0.1) is 5.56 Å². The molecule has 0 radical (unpaired) electrons. The fourth-order valence-corrected chi connectivity index (χ4v) is 2.00. The minimum Gasteiger partial charge on any atom is -0.423 e. The summed E-state index contributed by atoms with van der Waals surface area (Å²) in [5.74, 6) is -0.0952. The maximum absolute atomic E-state index is 11.9. The van der Waals surface area contributed by atoms with E-state index in [0.717, 1.165) is 11.1 Å². The zero-order valence-corrected chi connectivity index (χ0v) is 12.0. The lowest BCUT2D eigenvalue weighted by molar-refractivity contribution is 0.0735. The molecule has 0 fully saturated rings. The molecule has 0 aliphatic carbocycles. The summed E-state index contributed by atoms with van der Waals surface area (Å²) in [5, 5.41) is 0.943. The minimum atomic E-state index is -0.434. The predicted octanol–water partition coefficient (Wildman–Crippen LogP) is 4.83. The molecule has 0 bridgehead atoms. The second kappa shape index (κ2) is 5.64. The predicted molar refractivity (Wildman–Crippen MR) is 77.3 cm³/mol. The summed E-state index contributed by atoms with van der Waals surface area (Å²) in [4.78, 5) is 11.9. The monoisotopic (exact) mass is 294 g/mol. The Kier molecular flexibility index (Phi) is 4.13. The van der Waals surface area contributed by atoms with Crippen LogP contribution in [-0.4, -0.2) is 5.97 Å². The molecular weight excluding hydrogens is 283 g/mol. The number of hydrogen-bond acceptors (Lipinski definition) is 2. The molecule has 0 aliphatic rings. The fourth-order valence-electron chi connectivity index (χ4n) is 1.54. The lowest BCUT2D eigenvalue weighted by Crippen LogP contribution is -2.08. The zero-order chi connectivity index (χ0) is 14.0. The molecule has 0 atom stereocenters. The van der Waals surface area contributed by atoms with Gasteiger partial charge in [0, 0.05) is 10.0 Å². The van der Waals surface area contributed by atoms with Crippen molar-refractivity contribution in [2.24, 2.45) is 0 Å². The molecule has 0 heterocycles. The number of halogens is 2. The smallest absolute Gasteiger partial charge is 0.343 e. The Morgan fingerprint density at radius 1 is 1.00 bits per heavy atom. The first-order valence-corrected chi connectivity index (χ1v) is 6.47. The molecule has 0 amide bonds. The first-order chi connectivity index (χ1) is 8.97. The van der Waals surface area contributed by atoms with Crippen molar-refractivity contribution >= 4 is 29.2 Å². The molecule has 0 N–H and O–H groups in total. The summed E-state index contributed by atoms with van der Waals surface area (Å²) in [7, 11) is 0. The summed E-state index contributed by atoms with van der Waals surface area (Å²) in [6, 6.07) is 10.3. The zero-order valence-electron chi connectivity index (χ0n) is 10.5. The van der Waals surface area contributed by atoms with E-state index in [1.165, 1.54) is 0 Å². The van der Waals surface area contributed by atoms with Gasteiger partial charge in [-0.3, -0.25) is 0 Å². The van der Waals surface area contributed by atoms with Crippen molar-refractivity contribution in [1.29, 1.82) is 0 Å². The van der Waals surface area contributed by atoms with E-state index in [9.17, 15) is 4.79 Å². The number of aryl methyl sites for hydroxylation is 1. The van der Waals surface area contributed by atoms with E-state index < -0.39 is 5.97 Å². The third kappa shape index (κ3) is 3.28. The third-order valence-electron chi connectivity index (χ3n) is 2.75. The topological polar surface area (TPSA) is 26.3 Å². The van der Waals surface area contributed by atoms with E-state index >= 15 is 0 Å². The molecule has 0 spiro atoms. The van der Waals surface area contributed by atoms with Gasteiger partial charge in [0.2, 0.25) is 0 Å². The SMILES string of the molecule is Cc1ccc(C(=O)Oc2cc(Cl)c(C)c(Cl)c2)cc1. The molecule has 2 nitrogen and oxygen atoms in total. The fraction of sp³-hybridized carbons (Fsp3) is 0.133. The summed E-state index contributed by atoms with van der Waals surface area (Å²) in [6.45, 7) is 3.75. The number of ether oxygens (including phenoxy) is 1. The standard InChI is InChI=1S/C15H12Cl2O2/c1-9-3-5-11(6-4-9)15(18)19-12-7-13(16)10(2)14(17)8-12/h3-8H,1-2H3. The largest absolute Gasteiger partial charge is 0.423 e. The van der Waals surface area contributed by atoms with Crippen molar-refractivity contribution in [3.05, 3.63) is 63.1 Å². The molecule has 0 aliphatic heterocycles. The second-order valence-corrected chi connectivity index (χ2v) is 5.08. The molecule has 98 valence electrons. The molecular formula is C15H12Cl2O2. The van der Waals surface area contributed by atoms with Gasteiger partial charge in [-0.15, -0.1) is 0 Å².